The second-order valence-electron chi connectivity index (χ2n) is 7.11. The molecule has 1 fully saturated rings. The van der Waals surface area contributed by atoms with E-state index in [4.69, 9.17) is 9.73 Å². The summed E-state index contributed by atoms with van der Waals surface area (Å²) in [6.45, 7) is 6.80. The van der Waals surface area contributed by atoms with Crippen LogP contribution in [0.25, 0.3) is 6.08 Å². The topological polar surface area (TPSA) is 45.1 Å². The van der Waals surface area contributed by atoms with Crippen molar-refractivity contribution in [2.45, 2.75) is 26.7 Å². The molecule has 2 aromatic carbocycles. The van der Waals surface area contributed by atoms with Crippen molar-refractivity contribution in [3.05, 3.63) is 65.1 Å². The van der Waals surface area contributed by atoms with Gasteiger partial charge in [-0.15, -0.1) is 0 Å². The van der Waals surface area contributed by atoms with E-state index in [0.29, 0.717) is 11.6 Å². The van der Waals surface area contributed by atoms with E-state index >= 15 is 0 Å². The van der Waals surface area contributed by atoms with Crippen molar-refractivity contribution in [1.82, 2.24) is 9.80 Å². The number of rotatable bonds is 9. The Labute approximate surface area is 183 Å². The molecular formula is C24H29N3O2S. The molecule has 1 aliphatic rings. The summed E-state index contributed by atoms with van der Waals surface area (Å²) in [4.78, 5) is 22.9. The molecule has 0 radical (unpaired) electrons. The first kappa shape index (κ1) is 22.1. The number of carbonyl (C=O) groups excluding carboxylic acids is 1. The van der Waals surface area contributed by atoms with Crippen LogP contribution in [-0.4, -0.2) is 47.7 Å². The van der Waals surface area contributed by atoms with Gasteiger partial charge in [0.1, 0.15) is 5.75 Å². The summed E-state index contributed by atoms with van der Waals surface area (Å²) in [7, 11) is 1.65. The fourth-order valence-corrected chi connectivity index (χ4v) is 4.26. The zero-order valence-corrected chi connectivity index (χ0v) is 18.7. The van der Waals surface area contributed by atoms with E-state index in [2.05, 4.69) is 18.7 Å². The van der Waals surface area contributed by atoms with E-state index in [-0.39, 0.29) is 5.91 Å². The van der Waals surface area contributed by atoms with Crippen LogP contribution in [0.3, 0.4) is 0 Å². The summed E-state index contributed by atoms with van der Waals surface area (Å²) >= 11 is 1.43. The molecule has 0 saturated carbocycles. The fraction of sp³-hybridized carbons (Fsp3) is 0.333. The highest BCUT2D eigenvalue weighted by atomic mass is 32.2. The van der Waals surface area contributed by atoms with Gasteiger partial charge in [0, 0.05) is 0 Å². The maximum Gasteiger partial charge on any atom is 0.267 e. The van der Waals surface area contributed by atoms with Crippen molar-refractivity contribution in [3.8, 4) is 5.75 Å². The maximum absolute atomic E-state index is 13.3. The largest absolute Gasteiger partial charge is 0.497 e. The van der Waals surface area contributed by atoms with Crippen molar-refractivity contribution >= 4 is 34.6 Å². The summed E-state index contributed by atoms with van der Waals surface area (Å²) < 4.78 is 5.22. The Morgan fingerprint density at radius 3 is 2.30 bits per heavy atom. The van der Waals surface area contributed by atoms with Gasteiger partial charge in [-0.25, -0.2) is 4.99 Å². The minimum atomic E-state index is 0.00250. The van der Waals surface area contributed by atoms with Crippen LogP contribution in [0.5, 0.6) is 5.75 Å². The number of hydrogen-bond acceptors (Lipinski definition) is 5. The Hall–Kier alpha value is -2.57. The van der Waals surface area contributed by atoms with Gasteiger partial charge >= 0.3 is 0 Å². The van der Waals surface area contributed by atoms with E-state index in [9.17, 15) is 4.79 Å². The van der Waals surface area contributed by atoms with Crippen LogP contribution in [0, 0.1) is 0 Å². The van der Waals surface area contributed by atoms with Gasteiger partial charge in [0.2, 0.25) is 0 Å². The third-order valence-corrected chi connectivity index (χ3v) is 5.71. The zero-order valence-electron chi connectivity index (χ0n) is 17.9. The highest BCUT2D eigenvalue weighted by Gasteiger charge is 2.34. The minimum absolute atomic E-state index is 0.00250. The van der Waals surface area contributed by atoms with Crippen LogP contribution in [0.1, 0.15) is 32.3 Å². The highest BCUT2D eigenvalue weighted by molar-refractivity contribution is 8.18. The molecule has 0 unspecified atom stereocenters. The lowest BCUT2D eigenvalue weighted by Gasteiger charge is -2.26. The number of amides is 1. The summed E-state index contributed by atoms with van der Waals surface area (Å²) in [6, 6.07) is 17.5. The van der Waals surface area contributed by atoms with Crippen LogP contribution in [0.4, 0.5) is 5.69 Å². The Morgan fingerprint density at radius 1 is 1.03 bits per heavy atom. The van der Waals surface area contributed by atoms with E-state index in [1.54, 1.807) is 12.0 Å². The van der Waals surface area contributed by atoms with Crippen LogP contribution in [-0.2, 0) is 4.79 Å². The van der Waals surface area contributed by atoms with Gasteiger partial charge in [-0.2, -0.15) is 0 Å². The van der Waals surface area contributed by atoms with Gasteiger partial charge in [-0.1, -0.05) is 44.2 Å². The molecule has 0 aromatic heterocycles. The number of benzene rings is 2. The van der Waals surface area contributed by atoms with Gasteiger partial charge in [0.15, 0.2) is 5.17 Å². The first-order valence-electron chi connectivity index (χ1n) is 10.4. The molecule has 1 heterocycles. The molecule has 6 heteroatoms. The maximum atomic E-state index is 13.3. The molecule has 30 heavy (non-hydrogen) atoms. The van der Waals surface area contributed by atoms with Crippen molar-refractivity contribution in [3.63, 3.8) is 0 Å². The Morgan fingerprint density at radius 2 is 1.70 bits per heavy atom. The van der Waals surface area contributed by atoms with Crippen LogP contribution < -0.4 is 4.74 Å². The monoisotopic (exact) mass is 423 g/mol. The molecule has 0 atom stereocenters. The predicted molar refractivity (Wildman–Crippen MR) is 126 cm³/mol. The van der Waals surface area contributed by atoms with Gasteiger partial charge in [-0.3, -0.25) is 14.6 Å². The molecule has 3 rings (SSSR count). The number of methoxy groups -OCH3 is 1. The summed E-state index contributed by atoms with van der Waals surface area (Å²) in [5.41, 5.74) is 1.81. The van der Waals surface area contributed by atoms with E-state index in [0.717, 1.165) is 48.1 Å². The number of aliphatic imine (C=N–C) groups is 1. The number of amidine groups is 1. The summed E-state index contributed by atoms with van der Waals surface area (Å²) in [6.07, 6.45) is 4.03. The molecule has 2 aromatic rings. The molecule has 5 nitrogen and oxygen atoms in total. The highest BCUT2D eigenvalue weighted by Crippen LogP contribution is 2.34. The standard InChI is InChI=1S/C24H29N3O2S/c1-4-15-26(16-5-2)18-27-23(28)22(17-19-11-13-21(29-3)14-12-19)30-24(27)25-20-9-7-6-8-10-20/h6-14,17H,4-5,15-16,18H2,1-3H3/b22-17+,25-24?. The smallest absolute Gasteiger partial charge is 0.267 e. The quantitative estimate of drug-likeness (QED) is 0.508. The molecule has 0 aliphatic carbocycles. The third kappa shape index (κ3) is 5.74. The lowest BCUT2D eigenvalue weighted by Crippen LogP contribution is -2.41. The summed E-state index contributed by atoms with van der Waals surface area (Å²) in [5, 5.41) is 0.725. The zero-order chi connectivity index (χ0) is 21.3. The first-order valence-corrected chi connectivity index (χ1v) is 11.2. The van der Waals surface area contributed by atoms with Crippen molar-refractivity contribution in [2.24, 2.45) is 4.99 Å². The van der Waals surface area contributed by atoms with E-state index in [1.807, 2.05) is 60.7 Å². The minimum Gasteiger partial charge on any atom is -0.497 e. The average molecular weight is 424 g/mol. The molecule has 1 saturated heterocycles. The molecular weight excluding hydrogens is 394 g/mol. The van der Waals surface area contributed by atoms with Crippen molar-refractivity contribution < 1.29 is 9.53 Å². The summed E-state index contributed by atoms with van der Waals surface area (Å²) in [5.74, 6) is 0.799. The second-order valence-corrected chi connectivity index (χ2v) is 8.12. The van der Waals surface area contributed by atoms with E-state index < -0.39 is 0 Å². The van der Waals surface area contributed by atoms with Crippen LogP contribution >= 0.6 is 11.8 Å². The molecule has 0 bridgehead atoms. The Kier molecular flexibility index (Phi) is 8.11. The van der Waals surface area contributed by atoms with Crippen LogP contribution in [0.2, 0.25) is 0 Å². The molecule has 1 aliphatic heterocycles. The SMILES string of the molecule is CCCN(CCC)CN1C(=O)/C(=C\c2ccc(OC)cc2)SC1=Nc1ccccc1. The lowest BCUT2D eigenvalue weighted by molar-refractivity contribution is -0.123. The predicted octanol–water partition coefficient (Wildman–Crippen LogP) is 5.38. The van der Waals surface area contributed by atoms with Crippen LogP contribution in [0.15, 0.2) is 64.5 Å². The number of para-hydroxylation sites is 1. The van der Waals surface area contributed by atoms with Gasteiger partial charge < -0.3 is 4.74 Å². The Bertz CT molecular complexity index is 888. The Balaban J connectivity index is 1.90. The average Bonchev–Trinajstić information content (AvgIpc) is 3.04. The van der Waals surface area contributed by atoms with Crippen molar-refractivity contribution in [2.75, 3.05) is 26.9 Å². The lowest BCUT2D eigenvalue weighted by atomic mass is 10.2. The molecule has 1 amide bonds. The number of carbonyl (C=O) groups is 1. The number of nitrogens with zero attached hydrogens (tertiary/aromatic N) is 3. The van der Waals surface area contributed by atoms with Gasteiger partial charge in [0.05, 0.1) is 24.4 Å². The third-order valence-electron chi connectivity index (χ3n) is 4.70. The van der Waals surface area contributed by atoms with Gasteiger partial charge in [0.25, 0.3) is 5.91 Å². The van der Waals surface area contributed by atoms with E-state index in [1.165, 1.54) is 11.8 Å². The number of ether oxygens (including phenoxy) is 1. The fourth-order valence-electron chi connectivity index (χ4n) is 3.27. The molecule has 0 spiro atoms. The molecule has 158 valence electrons. The van der Waals surface area contributed by atoms with Gasteiger partial charge in [-0.05, 0) is 73.6 Å². The normalized spacial score (nSPS) is 16.8. The second kappa shape index (κ2) is 11.0. The molecule has 0 N–H and O–H groups in total. The first-order chi connectivity index (χ1) is 14.6. The number of hydrogen-bond donors (Lipinski definition) is 0. The van der Waals surface area contributed by atoms with Crippen molar-refractivity contribution in [1.29, 1.82) is 0 Å². The number of thioether (sulfide) groups is 1.